The smallest absolute Gasteiger partial charge is 0.220 e. The molecule has 0 atom stereocenters. The van der Waals surface area contributed by atoms with Gasteiger partial charge < -0.3 is 20.1 Å². The van der Waals surface area contributed by atoms with Gasteiger partial charge in [-0.1, -0.05) is 0 Å². The van der Waals surface area contributed by atoms with Gasteiger partial charge in [0, 0.05) is 55.0 Å². The summed E-state index contributed by atoms with van der Waals surface area (Å²) in [6, 6.07) is 6.17. The summed E-state index contributed by atoms with van der Waals surface area (Å²) in [4.78, 5) is 19.8. The summed E-state index contributed by atoms with van der Waals surface area (Å²) < 4.78 is 12.0. The first-order valence-corrected chi connectivity index (χ1v) is 10.6. The Bertz CT molecular complexity index is 1020. The number of fused-ring (bicyclic) bond motifs is 1. The van der Waals surface area contributed by atoms with Crippen molar-refractivity contribution < 1.29 is 9.47 Å². The second-order valence-corrected chi connectivity index (χ2v) is 7.90. The molecule has 1 aromatic carbocycles. The first kappa shape index (κ1) is 19.0. The molecular formula is C22H26N6O2. The average Bonchev–Trinajstić information content (AvgIpc) is 2.80. The molecule has 2 N–H and O–H groups in total. The maximum absolute atomic E-state index is 6.49. The van der Waals surface area contributed by atoms with Crippen LogP contribution in [0.2, 0.25) is 0 Å². The molecule has 0 radical (unpaired) electrons. The van der Waals surface area contributed by atoms with E-state index in [-0.39, 0.29) is 6.10 Å². The predicted molar refractivity (Wildman–Crippen MR) is 115 cm³/mol. The van der Waals surface area contributed by atoms with Crippen LogP contribution in [0.1, 0.15) is 37.3 Å². The van der Waals surface area contributed by atoms with Crippen molar-refractivity contribution in [2.75, 3.05) is 36.9 Å². The molecular weight excluding hydrogens is 380 g/mol. The SMILES string of the molecule is Nc1nccc(C2CCC(Oc3cc(N4CCOCC4)cc4nccnc34)CC2)n1. The van der Waals surface area contributed by atoms with Gasteiger partial charge in [0.15, 0.2) is 0 Å². The standard InChI is InChI=1S/C22H26N6O2/c23-22-26-6-5-18(27-22)15-1-3-17(4-2-15)30-20-14-16(28-9-11-29-12-10-28)13-19-21(20)25-8-7-24-19/h5-8,13-15,17H,1-4,9-12H2,(H2,23,26,27). The fourth-order valence-electron chi connectivity index (χ4n) is 4.39. The van der Waals surface area contributed by atoms with Crippen molar-refractivity contribution in [2.45, 2.75) is 37.7 Å². The maximum atomic E-state index is 6.49. The molecule has 0 bridgehead atoms. The van der Waals surface area contributed by atoms with Gasteiger partial charge in [0.25, 0.3) is 0 Å². The number of nitrogens with two attached hydrogens (primary N) is 1. The van der Waals surface area contributed by atoms with E-state index in [1.165, 1.54) is 0 Å². The Morgan fingerprint density at radius 2 is 1.77 bits per heavy atom. The highest BCUT2D eigenvalue weighted by Crippen LogP contribution is 2.36. The number of nitrogen functional groups attached to an aromatic ring is 1. The van der Waals surface area contributed by atoms with E-state index >= 15 is 0 Å². The topological polar surface area (TPSA) is 99.3 Å². The van der Waals surface area contributed by atoms with E-state index in [4.69, 9.17) is 15.2 Å². The molecule has 3 aromatic rings. The predicted octanol–water partition coefficient (Wildman–Crippen LogP) is 2.94. The van der Waals surface area contributed by atoms with E-state index in [1.807, 2.05) is 6.07 Å². The summed E-state index contributed by atoms with van der Waals surface area (Å²) in [5.74, 6) is 1.57. The third-order valence-corrected chi connectivity index (χ3v) is 5.98. The monoisotopic (exact) mass is 406 g/mol. The lowest BCUT2D eigenvalue weighted by molar-refractivity contribution is 0.122. The minimum absolute atomic E-state index is 0.158. The fourth-order valence-corrected chi connectivity index (χ4v) is 4.39. The van der Waals surface area contributed by atoms with E-state index < -0.39 is 0 Å². The number of hydrogen-bond donors (Lipinski definition) is 1. The van der Waals surface area contributed by atoms with Crippen molar-refractivity contribution >= 4 is 22.7 Å². The second kappa shape index (κ2) is 8.39. The number of aromatic nitrogens is 4. The average molecular weight is 406 g/mol. The van der Waals surface area contributed by atoms with Crippen LogP contribution in [0.5, 0.6) is 5.75 Å². The molecule has 0 unspecified atom stereocenters. The minimum Gasteiger partial charge on any atom is -0.488 e. The quantitative estimate of drug-likeness (QED) is 0.706. The Balaban J connectivity index is 1.33. The lowest BCUT2D eigenvalue weighted by Crippen LogP contribution is -2.36. The van der Waals surface area contributed by atoms with Gasteiger partial charge in [-0.2, -0.15) is 0 Å². The first-order valence-electron chi connectivity index (χ1n) is 10.6. The molecule has 0 amide bonds. The zero-order valence-corrected chi connectivity index (χ0v) is 16.9. The molecule has 2 aromatic heterocycles. The number of morpholine rings is 1. The van der Waals surface area contributed by atoms with E-state index in [0.29, 0.717) is 11.9 Å². The third-order valence-electron chi connectivity index (χ3n) is 5.98. The first-order chi connectivity index (χ1) is 14.8. The van der Waals surface area contributed by atoms with E-state index in [1.54, 1.807) is 18.6 Å². The molecule has 30 heavy (non-hydrogen) atoms. The molecule has 8 nitrogen and oxygen atoms in total. The largest absolute Gasteiger partial charge is 0.488 e. The summed E-state index contributed by atoms with van der Waals surface area (Å²) in [6.45, 7) is 3.23. The van der Waals surface area contributed by atoms with Crippen molar-refractivity contribution in [1.29, 1.82) is 0 Å². The van der Waals surface area contributed by atoms with Crippen LogP contribution in [-0.4, -0.2) is 52.3 Å². The summed E-state index contributed by atoms with van der Waals surface area (Å²) in [5, 5.41) is 0. The lowest BCUT2D eigenvalue weighted by Gasteiger charge is -2.31. The third kappa shape index (κ3) is 4.00. The van der Waals surface area contributed by atoms with Crippen molar-refractivity contribution in [3.05, 3.63) is 42.5 Å². The van der Waals surface area contributed by atoms with Gasteiger partial charge in [0.05, 0.1) is 24.8 Å². The number of ether oxygens (including phenoxy) is 2. The lowest BCUT2D eigenvalue weighted by atomic mass is 9.85. The highest BCUT2D eigenvalue weighted by molar-refractivity contribution is 5.85. The van der Waals surface area contributed by atoms with Crippen LogP contribution in [0.15, 0.2) is 36.8 Å². The minimum atomic E-state index is 0.158. The van der Waals surface area contributed by atoms with Crippen LogP contribution >= 0.6 is 0 Å². The van der Waals surface area contributed by atoms with Gasteiger partial charge in [-0.05, 0) is 37.8 Å². The van der Waals surface area contributed by atoms with Gasteiger partial charge in [-0.3, -0.25) is 4.98 Å². The Morgan fingerprint density at radius 1 is 0.967 bits per heavy atom. The summed E-state index contributed by atoms with van der Waals surface area (Å²) in [5.41, 5.74) is 9.58. The van der Waals surface area contributed by atoms with Crippen molar-refractivity contribution in [1.82, 2.24) is 19.9 Å². The van der Waals surface area contributed by atoms with Gasteiger partial charge >= 0.3 is 0 Å². The molecule has 2 fully saturated rings. The molecule has 3 heterocycles. The van der Waals surface area contributed by atoms with Crippen LogP contribution in [-0.2, 0) is 4.74 Å². The zero-order chi connectivity index (χ0) is 20.3. The maximum Gasteiger partial charge on any atom is 0.220 e. The highest BCUT2D eigenvalue weighted by atomic mass is 16.5. The van der Waals surface area contributed by atoms with Crippen LogP contribution in [0.3, 0.4) is 0 Å². The van der Waals surface area contributed by atoms with Crippen LogP contribution in [0.4, 0.5) is 11.6 Å². The highest BCUT2D eigenvalue weighted by Gasteiger charge is 2.26. The van der Waals surface area contributed by atoms with E-state index in [9.17, 15) is 0 Å². The molecule has 156 valence electrons. The van der Waals surface area contributed by atoms with Gasteiger partial charge in [0.1, 0.15) is 11.3 Å². The van der Waals surface area contributed by atoms with Gasteiger partial charge in [-0.25, -0.2) is 15.0 Å². The number of anilines is 2. The molecule has 1 saturated heterocycles. The van der Waals surface area contributed by atoms with Gasteiger partial charge in [0.2, 0.25) is 5.95 Å². The van der Waals surface area contributed by atoms with Crippen molar-refractivity contribution in [3.63, 3.8) is 0 Å². The van der Waals surface area contributed by atoms with Crippen molar-refractivity contribution in [3.8, 4) is 5.75 Å². The van der Waals surface area contributed by atoms with Crippen LogP contribution in [0, 0.1) is 0 Å². The molecule has 1 aliphatic heterocycles. The molecule has 0 spiro atoms. The number of rotatable bonds is 4. The summed E-state index contributed by atoms with van der Waals surface area (Å²) in [7, 11) is 0. The van der Waals surface area contributed by atoms with Crippen molar-refractivity contribution in [2.24, 2.45) is 0 Å². The van der Waals surface area contributed by atoms with Gasteiger partial charge in [-0.15, -0.1) is 0 Å². The summed E-state index contributed by atoms with van der Waals surface area (Å²) >= 11 is 0. The normalized spacial score (nSPS) is 22.2. The summed E-state index contributed by atoms with van der Waals surface area (Å²) in [6.07, 6.45) is 9.33. The Labute approximate surface area is 175 Å². The van der Waals surface area contributed by atoms with E-state index in [2.05, 4.69) is 37.0 Å². The molecule has 2 aliphatic rings. The molecule has 1 aliphatic carbocycles. The Hall–Kier alpha value is -3.00. The molecule has 8 heteroatoms. The van der Waals surface area contributed by atoms with Crippen LogP contribution < -0.4 is 15.4 Å². The Kier molecular flexibility index (Phi) is 5.31. The number of benzene rings is 1. The fraction of sp³-hybridized carbons (Fsp3) is 0.455. The number of nitrogens with zero attached hydrogens (tertiary/aromatic N) is 5. The Morgan fingerprint density at radius 3 is 2.57 bits per heavy atom. The zero-order valence-electron chi connectivity index (χ0n) is 16.9. The second-order valence-electron chi connectivity index (χ2n) is 7.90. The number of hydrogen-bond acceptors (Lipinski definition) is 8. The van der Waals surface area contributed by atoms with E-state index in [0.717, 1.165) is 80.2 Å². The molecule has 5 rings (SSSR count). The van der Waals surface area contributed by atoms with Crippen LogP contribution in [0.25, 0.3) is 11.0 Å². The molecule has 1 saturated carbocycles.